The van der Waals surface area contributed by atoms with E-state index in [0.717, 1.165) is 23.0 Å². The van der Waals surface area contributed by atoms with E-state index in [9.17, 15) is 4.79 Å². The summed E-state index contributed by atoms with van der Waals surface area (Å²) in [6, 6.07) is 0. The molecule has 0 spiro atoms. The molecule has 4 nitrogen and oxygen atoms in total. The summed E-state index contributed by atoms with van der Waals surface area (Å²) < 4.78 is 4.87. The van der Waals surface area contributed by atoms with E-state index in [4.69, 9.17) is 5.11 Å². The van der Waals surface area contributed by atoms with Crippen molar-refractivity contribution in [3.8, 4) is 0 Å². The molecule has 1 aromatic heterocycles. The van der Waals surface area contributed by atoms with Gasteiger partial charge < -0.3 is 5.11 Å². The average molecular weight is 232 g/mol. The number of carbonyl (C=O) groups is 1. The number of rotatable bonds is 5. The van der Waals surface area contributed by atoms with Crippen molar-refractivity contribution in [1.82, 2.24) is 9.36 Å². The van der Waals surface area contributed by atoms with Crippen LogP contribution in [0.4, 0.5) is 0 Å². The van der Waals surface area contributed by atoms with Crippen LogP contribution in [0.5, 0.6) is 0 Å². The van der Waals surface area contributed by atoms with Crippen LogP contribution in [0.25, 0.3) is 0 Å². The molecule has 6 heteroatoms. The molecule has 1 aromatic rings. The zero-order valence-electron chi connectivity index (χ0n) is 8.06. The molecule has 1 unspecified atom stereocenters. The van der Waals surface area contributed by atoms with E-state index < -0.39 is 11.2 Å². The predicted molar refractivity (Wildman–Crippen MR) is 56.9 cm³/mol. The van der Waals surface area contributed by atoms with Gasteiger partial charge in [-0.1, -0.05) is 18.7 Å². The van der Waals surface area contributed by atoms with Gasteiger partial charge in [-0.3, -0.25) is 4.79 Å². The Kier molecular flexibility index (Phi) is 4.34. The van der Waals surface area contributed by atoms with E-state index in [1.54, 1.807) is 6.92 Å². The SMILES string of the molecule is CCCc1nsc(SC(C)C(=O)O)n1. The summed E-state index contributed by atoms with van der Waals surface area (Å²) in [6.45, 7) is 3.71. The minimum atomic E-state index is -0.817. The molecule has 0 amide bonds. The largest absolute Gasteiger partial charge is 0.480 e. The van der Waals surface area contributed by atoms with Crippen LogP contribution in [-0.4, -0.2) is 25.7 Å². The molecule has 1 atom stereocenters. The summed E-state index contributed by atoms with van der Waals surface area (Å²) in [7, 11) is 0. The van der Waals surface area contributed by atoms with Gasteiger partial charge in [0.15, 0.2) is 4.34 Å². The van der Waals surface area contributed by atoms with Gasteiger partial charge in [0.05, 0.1) is 0 Å². The number of carboxylic acid groups (broad SMARTS) is 1. The number of carboxylic acids is 1. The molecule has 0 fully saturated rings. The lowest BCUT2D eigenvalue weighted by Gasteiger charge is -2.00. The maximum Gasteiger partial charge on any atom is 0.316 e. The number of hydrogen-bond acceptors (Lipinski definition) is 5. The molecule has 78 valence electrons. The third kappa shape index (κ3) is 3.26. The molecule has 1 rings (SSSR count). The van der Waals surface area contributed by atoms with Gasteiger partial charge in [0.1, 0.15) is 11.1 Å². The lowest BCUT2D eigenvalue weighted by Crippen LogP contribution is -2.10. The molecule has 0 aliphatic carbocycles. The molecular formula is C8H12N2O2S2. The lowest BCUT2D eigenvalue weighted by molar-refractivity contribution is -0.136. The Balaban J connectivity index is 2.55. The molecule has 1 heterocycles. The zero-order chi connectivity index (χ0) is 10.6. The van der Waals surface area contributed by atoms with Crippen LogP contribution in [0.3, 0.4) is 0 Å². The fourth-order valence-electron chi connectivity index (χ4n) is 0.813. The molecule has 1 N–H and O–H groups in total. The Morgan fingerprint density at radius 2 is 2.43 bits per heavy atom. The quantitative estimate of drug-likeness (QED) is 0.787. The molecule has 0 radical (unpaired) electrons. The second-order valence-corrected chi connectivity index (χ2v) is 5.16. The van der Waals surface area contributed by atoms with Gasteiger partial charge in [0.25, 0.3) is 0 Å². The first-order chi connectivity index (χ1) is 6.63. The fourth-order valence-corrected chi connectivity index (χ4v) is 2.55. The van der Waals surface area contributed by atoms with E-state index in [1.807, 2.05) is 0 Å². The smallest absolute Gasteiger partial charge is 0.316 e. The van der Waals surface area contributed by atoms with Crippen molar-refractivity contribution >= 4 is 29.3 Å². The second-order valence-electron chi connectivity index (χ2n) is 2.82. The van der Waals surface area contributed by atoms with Crippen LogP contribution in [0.1, 0.15) is 26.1 Å². The molecule has 0 aliphatic rings. The summed E-state index contributed by atoms with van der Waals surface area (Å²) in [5, 5.41) is 8.23. The maximum atomic E-state index is 10.6. The number of aliphatic carboxylic acids is 1. The first kappa shape index (κ1) is 11.5. The van der Waals surface area contributed by atoms with Crippen molar-refractivity contribution in [2.24, 2.45) is 0 Å². The van der Waals surface area contributed by atoms with Gasteiger partial charge in [-0.05, 0) is 24.9 Å². The van der Waals surface area contributed by atoms with Crippen LogP contribution < -0.4 is 0 Å². The van der Waals surface area contributed by atoms with Crippen LogP contribution in [0.2, 0.25) is 0 Å². The van der Waals surface area contributed by atoms with E-state index >= 15 is 0 Å². The first-order valence-electron chi connectivity index (χ1n) is 4.35. The topological polar surface area (TPSA) is 63.1 Å². The van der Waals surface area contributed by atoms with Gasteiger partial charge in [0, 0.05) is 6.42 Å². The van der Waals surface area contributed by atoms with Gasteiger partial charge in [-0.2, -0.15) is 4.37 Å². The number of aromatic nitrogens is 2. The Labute approximate surface area is 90.9 Å². The summed E-state index contributed by atoms with van der Waals surface area (Å²) in [4.78, 5) is 14.8. The minimum Gasteiger partial charge on any atom is -0.480 e. The number of aryl methyl sites for hydroxylation is 1. The molecule has 0 saturated heterocycles. The van der Waals surface area contributed by atoms with Crippen LogP contribution in [0.15, 0.2) is 4.34 Å². The number of hydrogen-bond donors (Lipinski definition) is 1. The molecule has 14 heavy (non-hydrogen) atoms. The van der Waals surface area contributed by atoms with E-state index in [0.29, 0.717) is 0 Å². The van der Waals surface area contributed by atoms with Crippen LogP contribution in [-0.2, 0) is 11.2 Å². The van der Waals surface area contributed by atoms with Gasteiger partial charge in [0.2, 0.25) is 0 Å². The highest BCUT2D eigenvalue weighted by atomic mass is 32.2. The first-order valence-corrected chi connectivity index (χ1v) is 6.00. The molecular weight excluding hydrogens is 220 g/mol. The van der Waals surface area contributed by atoms with Gasteiger partial charge >= 0.3 is 5.97 Å². The predicted octanol–water partition coefficient (Wildman–Crippen LogP) is 2.06. The summed E-state index contributed by atoms with van der Waals surface area (Å²) >= 11 is 2.52. The van der Waals surface area contributed by atoms with Crippen molar-refractivity contribution in [2.75, 3.05) is 0 Å². The molecule has 0 bridgehead atoms. The highest BCUT2D eigenvalue weighted by Gasteiger charge is 2.15. The maximum absolute atomic E-state index is 10.6. The number of thioether (sulfide) groups is 1. The highest BCUT2D eigenvalue weighted by Crippen LogP contribution is 2.25. The van der Waals surface area contributed by atoms with Crippen molar-refractivity contribution in [1.29, 1.82) is 0 Å². The van der Waals surface area contributed by atoms with Crippen molar-refractivity contribution in [3.63, 3.8) is 0 Å². The average Bonchev–Trinajstić information content (AvgIpc) is 2.53. The van der Waals surface area contributed by atoms with Gasteiger partial charge in [-0.25, -0.2) is 4.98 Å². The molecule has 0 aliphatic heterocycles. The zero-order valence-corrected chi connectivity index (χ0v) is 9.69. The third-order valence-electron chi connectivity index (χ3n) is 1.55. The summed E-state index contributed by atoms with van der Waals surface area (Å²) in [5.41, 5.74) is 0. The minimum absolute atomic E-state index is 0.461. The fraction of sp³-hybridized carbons (Fsp3) is 0.625. The van der Waals surface area contributed by atoms with E-state index in [2.05, 4.69) is 16.3 Å². The Morgan fingerprint density at radius 3 is 3.00 bits per heavy atom. The monoisotopic (exact) mass is 232 g/mol. The van der Waals surface area contributed by atoms with Crippen molar-refractivity contribution in [2.45, 2.75) is 36.3 Å². The highest BCUT2D eigenvalue weighted by molar-refractivity contribution is 8.02. The Morgan fingerprint density at radius 1 is 1.71 bits per heavy atom. The van der Waals surface area contributed by atoms with Crippen LogP contribution >= 0.6 is 23.3 Å². The standard InChI is InChI=1S/C8H12N2O2S2/c1-3-4-6-9-8(14-10-6)13-5(2)7(11)12/h5H,3-4H2,1-2H3,(H,11,12). The van der Waals surface area contributed by atoms with Crippen LogP contribution in [0, 0.1) is 0 Å². The van der Waals surface area contributed by atoms with E-state index in [-0.39, 0.29) is 0 Å². The van der Waals surface area contributed by atoms with E-state index in [1.165, 1.54) is 23.3 Å². The normalized spacial score (nSPS) is 12.7. The van der Waals surface area contributed by atoms with Gasteiger partial charge in [-0.15, -0.1) is 0 Å². The Bertz CT molecular complexity index is 314. The Hall–Kier alpha value is -0.620. The van der Waals surface area contributed by atoms with Crippen molar-refractivity contribution < 1.29 is 9.90 Å². The summed E-state index contributed by atoms with van der Waals surface area (Å²) in [6.07, 6.45) is 1.87. The summed E-state index contributed by atoms with van der Waals surface area (Å²) in [5.74, 6) is -0.000157. The van der Waals surface area contributed by atoms with Crippen molar-refractivity contribution in [3.05, 3.63) is 5.82 Å². The lowest BCUT2D eigenvalue weighted by atomic mass is 10.3. The molecule has 0 saturated carbocycles. The second kappa shape index (κ2) is 5.31. The third-order valence-corrected chi connectivity index (χ3v) is 3.46. The number of nitrogens with zero attached hydrogens (tertiary/aromatic N) is 2. The molecule has 0 aromatic carbocycles.